The Balaban J connectivity index is 2.09. The molecule has 2 aromatic rings. The van der Waals surface area contributed by atoms with E-state index in [4.69, 9.17) is 4.74 Å². The zero-order chi connectivity index (χ0) is 14.5. The standard InChI is InChI=1S/C17H22N2O/c1-12-5-6-16(17(9-12)20-4)14(3)19-11-15-10-18-8-7-13(15)2/h5-10,14,19H,11H2,1-4H3. The molecule has 1 aromatic carbocycles. The highest BCUT2D eigenvalue weighted by atomic mass is 16.5. The Bertz CT molecular complexity index is 581. The van der Waals surface area contributed by atoms with Crippen LogP contribution in [-0.2, 0) is 6.54 Å². The molecule has 0 radical (unpaired) electrons. The molecule has 0 aliphatic carbocycles. The molecule has 0 fully saturated rings. The molecule has 3 heteroatoms. The largest absolute Gasteiger partial charge is 0.496 e. The highest BCUT2D eigenvalue weighted by molar-refractivity contribution is 5.39. The molecule has 0 amide bonds. The summed E-state index contributed by atoms with van der Waals surface area (Å²) in [6, 6.07) is 8.58. The number of aryl methyl sites for hydroxylation is 2. The van der Waals surface area contributed by atoms with Gasteiger partial charge in [0.05, 0.1) is 7.11 Å². The van der Waals surface area contributed by atoms with E-state index in [0.717, 1.165) is 12.3 Å². The van der Waals surface area contributed by atoms with E-state index in [1.54, 1.807) is 7.11 Å². The molecule has 0 bridgehead atoms. The topological polar surface area (TPSA) is 34.1 Å². The number of nitrogens with one attached hydrogen (secondary N) is 1. The Labute approximate surface area is 121 Å². The summed E-state index contributed by atoms with van der Waals surface area (Å²) in [4.78, 5) is 4.18. The van der Waals surface area contributed by atoms with Gasteiger partial charge in [-0.2, -0.15) is 0 Å². The van der Waals surface area contributed by atoms with Crippen LogP contribution in [0, 0.1) is 13.8 Å². The lowest BCUT2D eigenvalue weighted by molar-refractivity contribution is 0.401. The fourth-order valence-electron chi connectivity index (χ4n) is 2.23. The number of rotatable bonds is 5. The van der Waals surface area contributed by atoms with Gasteiger partial charge < -0.3 is 10.1 Å². The molecule has 0 spiro atoms. The van der Waals surface area contributed by atoms with Gasteiger partial charge in [-0.15, -0.1) is 0 Å². The van der Waals surface area contributed by atoms with Crippen LogP contribution in [0.2, 0.25) is 0 Å². The molecule has 0 saturated heterocycles. The van der Waals surface area contributed by atoms with Crippen molar-refractivity contribution in [3.8, 4) is 5.75 Å². The molecule has 20 heavy (non-hydrogen) atoms. The summed E-state index contributed by atoms with van der Waals surface area (Å²) in [5.41, 5.74) is 4.88. The quantitative estimate of drug-likeness (QED) is 0.902. The normalized spacial score (nSPS) is 12.2. The molecular weight excluding hydrogens is 248 g/mol. The molecule has 1 aromatic heterocycles. The predicted molar refractivity (Wildman–Crippen MR) is 82.0 cm³/mol. The third-order valence-electron chi connectivity index (χ3n) is 3.60. The number of ether oxygens (including phenoxy) is 1. The van der Waals surface area contributed by atoms with Crippen molar-refractivity contribution in [1.82, 2.24) is 10.3 Å². The fraction of sp³-hybridized carbons (Fsp3) is 0.353. The number of aromatic nitrogens is 1. The lowest BCUT2D eigenvalue weighted by atomic mass is 10.0. The van der Waals surface area contributed by atoms with E-state index in [1.807, 2.05) is 18.5 Å². The van der Waals surface area contributed by atoms with Crippen molar-refractivity contribution in [3.63, 3.8) is 0 Å². The SMILES string of the molecule is COc1cc(C)ccc1C(C)NCc1cnccc1C. The average molecular weight is 270 g/mol. The van der Waals surface area contributed by atoms with Gasteiger partial charge in [0.1, 0.15) is 5.75 Å². The van der Waals surface area contributed by atoms with Crippen molar-refractivity contribution in [3.05, 3.63) is 58.9 Å². The van der Waals surface area contributed by atoms with E-state index >= 15 is 0 Å². The van der Waals surface area contributed by atoms with Crippen LogP contribution in [-0.4, -0.2) is 12.1 Å². The maximum Gasteiger partial charge on any atom is 0.123 e. The summed E-state index contributed by atoms with van der Waals surface area (Å²) < 4.78 is 5.47. The second-order valence-electron chi connectivity index (χ2n) is 5.15. The zero-order valence-electron chi connectivity index (χ0n) is 12.6. The predicted octanol–water partition coefficient (Wildman–Crippen LogP) is 3.56. The second kappa shape index (κ2) is 6.53. The van der Waals surface area contributed by atoms with Gasteiger partial charge in [0.2, 0.25) is 0 Å². The van der Waals surface area contributed by atoms with Crippen molar-refractivity contribution < 1.29 is 4.74 Å². The van der Waals surface area contributed by atoms with Crippen LogP contribution in [0.4, 0.5) is 0 Å². The van der Waals surface area contributed by atoms with E-state index < -0.39 is 0 Å². The van der Waals surface area contributed by atoms with E-state index in [9.17, 15) is 0 Å². The summed E-state index contributed by atoms with van der Waals surface area (Å²) in [6.45, 7) is 7.13. The monoisotopic (exact) mass is 270 g/mol. The molecule has 0 aliphatic rings. The molecule has 3 nitrogen and oxygen atoms in total. The van der Waals surface area contributed by atoms with Crippen molar-refractivity contribution in [1.29, 1.82) is 0 Å². The van der Waals surface area contributed by atoms with Gasteiger partial charge in [0.25, 0.3) is 0 Å². The molecule has 1 unspecified atom stereocenters. The molecular formula is C17H22N2O. The Morgan fingerprint density at radius 1 is 1.25 bits per heavy atom. The number of pyridine rings is 1. The van der Waals surface area contributed by atoms with Gasteiger partial charge in [-0.05, 0) is 49.6 Å². The molecule has 1 heterocycles. The highest BCUT2D eigenvalue weighted by Crippen LogP contribution is 2.26. The summed E-state index contributed by atoms with van der Waals surface area (Å²) in [5.74, 6) is 0.938. The lowest BCUT2D eigenvalue weighted by Crippen LogP contribution is -2.19. The van der Waals surface area contributed by atoms with Crippen LogP contribution in [0.15, 0.2) is 36.7 Å². The lowest BCUT2D eigenvalue weighted by Gasteiger charge is -2.18. The first-order valence-electron chi connectivity index (χ1n) is 6.89. The second-order valence-corrected chi connectivity index (χ2v) is 5.15. The minimum Gasteiger partial charge on any atom is -0.496 e. The van der Waals surface area contributed by atoms with E-state index in [0.29, 0.717) is 0 Å². The smallest absolute Gasteiger partial charge is 0.123 e. The number of methoxy groups -OCH3 is 1. The third-order valence-corrected chi connectivity index (χ3v) is 3.60. The van der Waals surface area contributed by atoms with Gasteiger partial charge >= 0.3 is 0 Å². The van der Waals surface area contributed by atoms with Crippen LogP contribution >= 0.6 is 0 Å². The highest BCUT2D eigenvalue weighted by Gasteiger charge is 2.11. The minimum absolute atomic E-state index is 0.227. The summed E-state index contributed by atoms with van der Waals surface area (Å²) in [6.07, 6.45) is 3.74. The first-order chi connectivity index (χ1) is 9.61. The maximum atomic E-state index is 5.47. The molecule has 0 saturated carbocycles. The zero-order valence-corrected chi connectivity index (χ0v) is 12.6. The minimum atomic E-state index is 0.227. The van der Waals surface area contributed by atoms with E-state index in [1.165, 1.54) is 22.3 Å². The van der Waals surface area contributed by atoms with Crippen molar-refractivity contribution >= 4 is 0 Å². The summed E-state index contributed by atoms with van der Waals surface area (Å²) in [5, 5.41) is 3.53. The van der Waals surface area contributed by atoms with Crippen LogP contribution < -0.4 is 10.1 Å². The van der Waals surface area contributed by atoms with Crippen molar-refractivity contribution in [2.24, 2.45) is 0 Å². The number of benzene rings is 1. The molecule has 2 rings (SSSR count). The van der Waals surface area contributed by atoms with Gasteiger partial charge in [-0.25, -0.2) is 0 Å². The van der Waals surface area contributed by atoms with E-state index in [2.05, 4.69) is 49.3 Å². The van der Waals surface area contributed by atoms with E-state index in [-0.39, 0.29) is 6.04 Å². The number of hydrogen-bond donors (Lipinski definition) is 1. The Morgan fingerprint density at radius 2 is 2.05 bits per heavy atom. The average Bonchev–Trinajstić information content (AvgIpc) is 2.46. The Morgan fingerprint density at radius 3 is 2.75 bits per heavy atom. The maximum absolute atomic E-state index is 5.47. The fourth-order valence-corrected chi connectivity index (χ4v) is 2.23. The number of nitrogens with zero attached hydrogens (tertiary/aromatic N) is 1. The van der Waals surface area contributed by atoms with Gasteiger partial charge in [0, 0.05) is 30.5 Å². The van der Waals surface area contributed by atoms with Crippen molar-refractivity contribution in [2.75, 3.05) is 7.11 Å². The van der Waals surface area contributed by atoms with Crippen LogP contribution in [0.1, 0.15) is 35.2 Å². The van der Waals surface area contributed by atoms with Crippen LogP contribution in [0.3, 0.4) is 0 Å². The van der Waals surface area contributed by atoms with Gasteiger partial charge in [-0.1, -0.05) is 12.1 Å². The summed E-state index contributed by atoms with van der Waals surface area (Å²) in [7, 11) is 1.72. The Hall–Kier alpha value is -1.87. The summed E-state index contributed by atoms with van der Waals surface area (Å²) >= 11 is 0. The van der Waals surface area contributed by atoms with Crippen molar-refractivity contribution in [2.45, 2.75) is 33.4 Å². The van der Waals surface area contributed by atoms with Crippen LogP contribution in [0.25, 0.3) is 0 Å². The van der Waals surface area contributed by atoms with Crippen LogP contribution in [0.5, 0.6) is 5.75 Å². The first kappa shape index (κ1) is 14.5. The third kappa shape index (κ3) is 3.36. The number of hydrogen-bond acceptors (Lipinski definition) is 3. The molecule has 0 aliphatic heterocycles. The first-order valence-corrected chi connectivity index (χ1v) is 6.89. The van der Waals surface area contributed by atoms with Gasteiger partial charge in [0.15, 0.2) is 0 Å². The molecule has 1 atom stereocenters. The molecule has 1 N–H and O–H groups in total. The Kier molecular flexibility index (Phi) is 4.74. The molecule has 106 valence electrons. The van der Waals surface area contributed by atoms with Gasteiger partial charge in [-0.3, -0.25) is 4.98 Å².